The average molecular weight is 290 g/mol. The summed E-state index contributed by atoms with van der Waals surface area (Å²) >= 11 is 5.71. The summed E-state index contributed by atoms with van der Waals surface area (Å²) in [4.78, 5) is 0. The van der Waals surface area contributed by atoms with Crippen LogP contribution < -0.4 is 9.83 Å². The Bertz CT molecular complexity index is 682. The molecule has 0 saturated carbocycles. The van der Waals surface area contributed by atoms with Gasteiger partial charge >= 0.3 is 0 Å². The second kappa shape index (κ2) is 4.75. The van der Waals surface area contributed by atoms with Crippen molar-refractivity contribution in [2.75, 3.05) is 6.61 Å². The molecular formula is C15H15O2PS. The minimum atomic E-state index is -2.43. The number of fused-ring (bicyclic) bond motifs is 3. The van der Waals surface area contributed by atoms with E-state index in [0.717, 1.165) is 22.2 Å². The van der Waals surface area contributed by atoms with Gasteiger partial charge in [0.05, 0.1) is 11.9 Å². The van der Waals surface area contributed by atoms with Gasteiger partial charge in [0.2, 0.25) is 0 Å². The summed E-state index contributed by atoms with van der Waals surface area (Å²) in [5, 5.41) is 1.03. The number of hydrogen-bond donors (Lipinski definition) is 0. The van der Waals surface area contributed by atoms with E-state index in [2.05, 4.69) is 31.2 Å². The van der Waals surface area contributed by atoms with Crippen LogP contribution in [0.3, 0.4) is 0 Å². The van der Waals surface area contributed by atoms with Crippen LogP contribution in [-0.4, -0.2) is 6.61 Å². The lowest BCUT2D eigenvalue weighted by Crippen LogP contribution is -2.19. The molecule has 1 atom stereocenters. The van der Waals surface area contributed by atoms with Crippen LogP contribution in [0.5, 0.6) is 5.75 Å². The van der Waals surface area contributed by atoms with E-state index in [1.54, 1.807) is 0 Å². The first-order chi connectivity index (χ1) is 9.14. The van der Waals surface area contributed by atoms with E-state index in [9.17, 15) is 0 Å². The van der Waals surface area contributed by atoms with Crippen LogP contribution in [0.4, 0.5) is 0 Å². The predicted molar refractivity (Wildman–Crippen MR) is 82.8 cm³/mol. The Labute approximate surface area is 118 Å². The third-order valence-electron chi connectivity index (χ3n) is 3.14. The number of para-hydroxylation sites is 1. The molecule has 0 bridgehead atoms. The molecule has 0 radical (unpaired) electrons. The maximum Gasteiger partial charge on any atom is 0.269 e. The van der Waals surface area contributed by atoms with Gasteiger partial charge in [-0.15, -0.1) is 0 Å². The molecule has 2 aromatic rings. The lowest BCUT2D eigenvalue weighted by atomic mass is 10.0. The summed E-state index contributed by atoms with van der Waals surface area (Å²) < 4.78 is 11.9. The normalized spacial score (nSPS) is 20.3. The first kappa shape index (κ1) is 12.9. The molecule has 0 aliphatic carbocycles. The molecule has 2 nitrogen and oxygen atoms in total. The molecule has 1 unspecified atom stereocenters. The molecule has 3 rings (SSSR count). The van der Waals surface area contributed by atoms with Gasteiger partial charge < -0.3 is 9.05 Å². The maximum absolute atomic E-state index is 6.04. The Morgan fingerprint density at radius 3 is 2.74 bits per heavy atom. The van der Waals surface area contributed by atoms with Crippen molar-refractivity contribution in [3.63, 3.8) is 0 Å². The molecule has 98 valence electrons. The predicted octanol–water partition coefficient (Wildman–Crippen LogP) is 4.03. The highest BCUT2D eigenvalue weighted by molar-refractivity contribution is 8.13. The van der Waals surface area contributed by atoms with Gasteiger partial charge in [0.25, 0.3) is 6.49 Å². The van der Waals surface area contributed by atoms with E-state index >= 15 is 0 Å². The van der Waals surface area contributed by atoms with Crippen molar-refractivity contribution in [2.45, 2.75) is 13.8 Å². The second-order valence-corrected chi connectivity index (χ2v) is 7.88. The summed E-state index contributed by atoms with van der Waals surface area (Å²) in [5.41, 5.74) is 3.41. The molecule has 0 amide bonds. The van der Waals surface area contributed by atoms with Gasteiger partial charge in [-0.25, -0.2) is 0 Å². The minimum absolute atomic E-state index is 0.562. The molecule has 0 aromatic heterocycles. The second-order valence-electron chi connectivity index (χ2n) is 4.52. The van der Waals surface area contributed by atoms with Gasteiger partial charge in [0.15, 0.2) is 0 Å². The maximum atomic E-state index is 6.04. The van der Waals surface area contributed by atoms with Crippen LogP contribution in [0.1, 0.15) is 12.5 Å². The van der Waals surface area contributed by atoms with Crippen LogP contribution in [0.2, 0.25) is 0 Å². The molecule has 1 heterocycles. The number of benzene rings is 2. The van der Waals surface area contributed by atoms with Crippen molar-refractivity contribution >= 4 is 23.6 Å². The van der Waals surface area contributed by atoms with Gasteiger partial charge in [-0.2, -0.15) is 0 Å². The fourth-order valence-corrected chi connectivity index (χ4v) is 5.22. The zero-order valence-corrected chi connectivity index (χ0v) is 12.6. The molecular weight excluding hydrogens is 275 g/mol. The smallest absolute Gasteiger partial charge is 0.269 e. The van der Waals surface area contributed by atoms with Gasteiger partial charge in [-0.05, 0) is 43.4 Å². The number of aryl methyl sites for hydroxylation is 1. The summed E-state index contributed by atoms with van der Waals surface area (Å²) in [6.45, 7) is 2.15. The van der Waals surface area contributed by atoms with E-state index in [1.807, 2.05) is 25.1 Å². The number of rotatable bonds is 2. The Kier molecular flexibility index (Phi) is 3.22. The Hall–Kier alpha value is -1.15. The van der Waals surface area contributed by atoms with E-state index in [1.165, 1.54) is 5.56 Å². The Morgan fingerprint density at radius 2 is 1.95 bits per heavy atom. The van der Waals surface area contributed by atoms with Crippen LogP contribution in [-0.2, 0) is 16.3 Å². The first-order valence-corrected chi connectivity index (χ1v) is 8.92. The molecule has 0 saturated heterocycles. The largest absolute Gasteiger partial charge is 0.440 e. The van der Waals surface area contributed by atoms with Crippen LogP contribution >= 0.6 is 6.49 Å². The van der Waals surface area contributed by atoms with Crippen molar-refractivity contribution in [3.05, 3.63) is 48.0 Å². The minimum Gasteiger partial charge on any atom is -0.440 e. The highest BCUT2D eigenvalue weighted by atomic mass is 32.5. The lowest BCUT2D eigenvalue weighted by Gasteiger charge is -2.30. The third kappa shape index (κ3) is 2.12. The quantitative estimate of drug-likeness (QED) is 0.778. The molecule has 1 aliphatic rings. The Balaban J connectivity index is 2.28. The fourth-order valence-electron chi connectivity index (χ4n) is 2.31. The fraction of sp³-hybridized carbons (Fsp3) is 0.200. The molecule has 4 heteroatoms. The molecule has 1 aliphatic heterocycles. The van der Waals surface area contributed by atoms with Crippen molar-refractivity contribution in [1.82, 2.24) is 0 Å². The van der Waals surface area contributed by atoms with E-state index in [0.29, 0.717) is 6.61 Å². The van der Waals surface area contributed by atoms with Gasteiger partial charge in [0.1, 0.15) is 5.75 Å². The Morgan fingerprint density at radius 1 is 1.16 bits per heavy atom. The van der Waals surface area contributed by atoms with Crippen molar-refractivity contribution < 1.29 is 9.05 Å². The van der Waals surface area contributed by atoms with Crippen LogP contribution in [0.15, 0.2) is 42.5 Å². The van der Waals surface area contributed by atoms with Crippen LogP contribution in [0.25, 0.3) is 11.1 Å². The van der Waals surface area contributed by atoms with Crippen molar-refractivity contribution in [2.24, 2.45) is 0 Å². The van der Waals surface area contributed by atoms with Crippen molar-refractivity contribution in [1.29, 1.82) is 0 Å². The molecule has 2 aromatic carbocycles. The summed E-state index contributed by atoms with van der Waals surface area (Å²) in [5.74, 6) is 0.829. The number of hydrogen-bond acceptors (Lipinski definition) is 3. The SMILES string of the molecule is CCOP1(=S)Oc2ccccc2-c2ccc(C)cc21. The third-order valence-corrected chi connectivity index (χ3v) is 6.27. The van der Waals surface area contributed by atoms with Crippen LogP contribution in [0, 0.1) is 6.92 Å². The average Bonchev–Trinajstić information content (AvgIpc) is 2.39. The summed E-state index contributed by atoms with van der Waals surface area (Å²) in [6.07, 6.45) is 0. The monoisotopic (exact) mass is 290 g/mol. The summed E-state index contributed by atoms with van der Waals surface area (Å²) in [6, 6.07) is 14.3. The standard InChI is InChI=1S/C15H15O2PS/c1-3-16-18(19)15-10-11(2)8-9-13(15)12-6-4-5-7-14(12)17-18/h4-10H,3H2,1-2H3. The molecule has 0 spiro atoms. The van der Waals surface area contributed by atoms with E-state index < -0.39 is 6.49 Å². The zero-order chi connectivity index (χ0) is 13.5. The lowest BCUT2D eigenvalue weighted by molar-refractivity contribution is 0.338. The molecule has 19 heavy (non-hydrogen) atoms. The summed E-state index contributed by atoms with van der Waals surface area (Å²) in [7, 11) is 0. The zero-order valence-electron chi connectivity index (χ0n) is 10.9. The topological polar surface area (TPSA) is 18.5 Å². The highest BCUT2D eigenvalue weighted by Gasteiger charge is 2.32. The van der Waals surface area contributed by atoms with Gasteiger partial charge in [-0.3, -0.25) is 0 Å². The van der Waals surface area contributed by atoms with Crippen molar-refractivity contribution in [3.8, 4) is 16.9 Å². The van der Waals surface area contributed by atoms with E-state index in [-0.39, 0.29) is 0 Å². The molecule has 0 N–H and O–H groups in total. The molecule has 0 fully saturated rings. The first-order valence-electron chi connectivity index (χ1n) is 6.29. The highest BCUT2D eigenvalue weighted by Crippen LogP contribution is 2.55. The van der Waals surface area contributed by atoms with Gasteiger partial charge in [-0.1, -0.05) is 35.9 Å². The van der Waals surface area contributed by atoms with E-state index in [4.69, 9.17) is 20.9 Å². The van der Waals surface area contributed by atoms with Gasteiger partial charge in [0, 0.05) is 5.56 Å².